The van der Waals surface area contributed by atoms with Gasteiger partial charge in [0.05, 0.1) is 19.0 Å². The van der Waals surface area contributed by atoms with E-state index >= 15 is 0 Å². The molecule has 0 amide bonds. The van der Waals surface area contributed by atoms with E-state index in [4.69, 9.17) is 16.2 Å². The number of anilines is 2. The molecule has 0 unspecified atom stereocenters. The number of nitrogens with two attached hydrogens (primary N) is 2. The average molecular weight is 216 g/mol. The Labute approximate surface area is 93.1 Å². The lowest BCUT2D eigenvalue weighted by atomic mass is 10.1. The zero-order chi connectivity index (χ0) is 11.5. The summed E-state index contributed by atoms with van der Waals surface area (Å²) in [6.45, 7) is 0. The second kappa shape index (κ2) is 4.06. The van der Waals surface area contributed by atoms with Crippen LogP contribution >= 0.6 is 0 Å². The third-order valence-electron chi connectivity index (χ3n) is 2.16. The van der Waals surface area contributed by atoms with Crippen molar-refractivity contribution in [2.45, 2.75) is 0 Å². The molecule has 5 nitrogen and oxygen atoms in total. The SMILES string of the molecule is COc1cnc(N)cc1-c1cccc(N)n1. The van der Waals surface area contributed by atoms with Crippen molar-refractivity contribution in [1.29, 1.82) is 0 Å². The van der Waals surface area contributed by atoms with E-state index in [1.54, 1.807) is 25.4 Å². The molecule has 2 aromatic heterocycles. The summed E-state index contributed by atoms with van der Waals surface area (Å²) in [6.07, 6.45) is 1.57. The highest BCUT2D eigenvalue weighted by molar-refractivity contribution is 5.70. The molecular formula is C11H12N4O. The van der Waals surface area contributed by atoms with Crippen molar-refractivity contribution in [3.05, 3.63) is 30.5 Å². The zero-order valence-corrected chi connectivity index (χ0v) is 8.84. The smallest absolute Gasteiger partial charge is 0.146 e. The van der Waals surface area contributed by atoms with E-state index in [0.29, 0.717) is 23.1 Å². The second-order valence-electron chi connectivity index (χ2n) is 3.26. The standard InChI is InChI=1S/C11H12N4O/c1-16-9-6-14-11(13)5-7(9)8-3-2-4-10(12)15-8/h2-6H,1H3,(H2,12,15)(H2,13,14). The summed E-state index contributed by atoms with van der Waals surface area (Å²) in [5.74, 6) is 1.49. The summed E-state index contributed by atoms with van der Waals surface area (Å²) < 4.78 is 5.20. The summed E-state index contributed by atoms with van der Waals surface area (Å²) in [6, 6.07) is 7.10. The van der Waals surface area contributed by atoms with E-state index in [1.165, 1.54) is 0 Å². The molecule has 0 saturated carbocycles. The predicted molar refractivity (Wildman–Crippen MR) is 62.8 cm³/mol. The lowest BCUT2D eigenvalue weighted by Gasteiger charge is -2.08. The number of rotatable bonds is 2. The number of hydrogen-bond donors (Lipinski definition) is 2. The highest BCUT2D eigenvalue weighted by Crippen LogP contribution is 2.29. The van der Waals surface area contributed by atoms with Crippen molar-refractivity contribution in [2.24, 2.45) is 0 Å². The lowest BCUT2D eigenvalue weighted by Crippen LogP contribution is -1.97. The molecule has 0 aromatic carbocycles. The first-order valence-corrected chi connectivity index (χ1v) is 4.73. The molecule has 0 atom stereocenters. The Hall–Kier alpha value is -2.30. The largest absolute Gasteiger partial charge is 0.494 e. The quantitative estimate of drug-likeness (QED) is 0.790. The number of nitrogen functional groups attached to an aromatic ring is 2. The van der Waals surface area contributed by atoms with Gasteiger partial charge in [-0.1, -0.05) is 6.07 Å². The molecule has 0 aliphatic rings. The summed E-state index contributed by atoms with van der Waals surface area (Å²) in [7, 11) is 1.57. The first-order chi connectivity index (χ1) is 7.70. The van der Waals surface area contributed by atoms with Gasteiger partial charge in [0.1, 0.15) is 17.4 Å². The van der Waals surface area contributed by atoms with Gasteiger partial charge in [-0.3, -0.25) is 0 Å². The van der Waals surface area contributed by atoms with Crippen LogP contribution in [0.15, 0.2) is 30.5 Å². The molecule has 2 rings (SSSR count). The molecule has 0 bridgehead atoms. The van der Waals surface area contributed by atoms with Crippen LogP contribution in [0.4, 0.5) is 11.6 Å². The van der Waals surface area contributed by atoms with Gasteiger partial charge >= 0.3 is 0 Å². The van der Waals surface area contributed by atoms with Gasteiger partial charge in [0.25, 0.3) is 0 Å². The fraction of sp³-hybridized carbons (Fsp3) is 0.0909. The molecule has 2 aromatic rings. The van der Waals surface area contributed by atoms with E-state index in [0.717, 1.165) is 5.56 Å². The first-order valence-electron chi connectivity index (χ1n) is 4.73. The van der Waals surface area contributed by atoms with Crippen LogP contribution in [0.3, 0.4) is 0 Å². The number of ether oxygens (including phenoxy) is 1. The molecule has 2 heterocycles. The molecule has 0 aliphatic carbocycles. The van der Waals surface area contributed by atoms with Crippen LogP contribution in [0, 0.1) is 0 Å². The molecule has 0 fully saturated rings. The van der Waals surface area contributed by atoms with Crippen LogP contribution in [0.2, 0.25) is 0 Å². The van der Waals surface area contributed by atoms with Crippen molar-refractivity contribution in [1.82, 2.24) is 9.97 Å². The Balaban J connectivity index is 2.58. The molecule has 0 radical (unpaired) electrons. The summed E-state index contributed by atoms with van der Waals surface area (Å²) in [4.78, 5) is 8.16. The molecule has 4 N–H and O–H groups in total. The Morgan fingerprint density at radius 1 is 1.19 bits per heavy atom. The fourth-order valence-electron chi connectivity index (χ4n) is 1.42. The molecule has 82 valence electrons. The molecule has 16 heavy (non-hydrogen) atoms. The van der Waals surface area contributed by atoms with Crippen LogP contribution in [0.5, 0.6) is 5.75 Å². The van der Waals surface area contributed by atoms with Crippen LogP contribution in [0.25, 0.3) is 11.3 Å². The average Bonchev–Trinajstić information content (AvgIpc) is 2.29. The van der Waals surface area contributed by atoms with E-state index in [1.807, 2.05) is 12.1 Å². The van der Waals surface area contributed by atoms with E-state index in [-0.39, 0.29) is 0 Å². The Morgan fingerprint density at radius 2 is 2.00 bits per heavy atom. The molecule has 0 saturated heterocycles. The maximum Gasteiger partial charge on any atom is 0.146 e. The van der Waals surface area contributed by atoms with Gasteiger partial charge in [0.15, 0.2) is 0 Å². The minimum Gasteiger partial charge on any atom is -0.494 e. The minimum atomic E-state index is 0.417. The molecule has 0 aliphatic heterocycles. The van der Waals surface area contributed by atoms with Gasteiger partial charge in [-0.15, -0.1) is 0 Å². The molecule has 5 heteroatoms. The number of hydrogen-bond acceptors (Lipinski definition) is 5. The number of nitrogens with zero attached hydrogens (tertiary/aromatic N) is 2. The van der Waals surface area contributed by atoms with Crippen molar-refractivity contribution >= 4 is 11.6 Å². The Morgan fingerprint density at radius 3 is 2.69 bits per heavy atom. The third-order valence-corrected chi connectivity index (χ3v) is 2.16. The normalized spacial score (nSPS) is 10.1. The van der Waals surface area contributed by atoms with Crippen LogP contribution in [-0.2, 0) is 0 Å². The zero-order valence-electron chi connectivity index (χ0n) is 8.84. The van der Waals surface area contributed by atoms with Gasteiger partial charge in [-0.2, -0.15) is 0 Å². The number of methoxy groups -OCH3 is 1. The maximum absolute atomic E-state index is 5.63. The van der Waals surface area contributed by atoms with Gasteiger partial charge in [0.2, 0.25) is 0 Å². The summed E-state index contributed by atoms with van der Waals surface area (Å²) >= 11 is 0. The van der Waals surface area contributed by atoms with E-state index in [9.17, 15) is 0 Å². The minimum absolute atomic E-state index is 0.417. The number of aromatic nitrogens is 2. The van der Waals surface area contributed by atoms with Crippen molar-refractivity contribution in [2.75, 3.05) is 18.6 Å². The van der Waals surface area contributed by atoms with Crippen molar-refractivity contribution < 1.29 is 4.74 Å². The Bertz CT molecular complexity index is 513. The third kappa shape index (κ3) is 1.88. The maximum atomic E-state index is 5.63. The lowest BCUT2D eigenvalue weighted by molar-refractivity contribution is 0.414. The first kappa shape index (κ1) is 10.2. The van der Waals surface area contributed by atoms with Gasteiger partial charge < -0.3 is 16.2 Å². The van der Waals surface area contributed by atoms with Crippen LogP contribution < -0.4 is 16.2 Å². The molecular weight excluding hydrogens is 204 g/mol. The predicted octanol–water partition coefficient (Wildman–Crippen LogP) is 1.32. The van der Waals surface area contributed by atoms with Crippen molar-refractivity contribution in [3.63, 3.8) is 0 Å². The van der Waals surface area contributed by atoms with Gasteiger partial charge in [-0.25, -0.2) is 9.97 Å². The molecule has 0 spiro atoms. The van der Waals surface area contributed by atoms with Crippen LogP contribution in [0.1, 0.15) is 0 Å². The van der Waals surface area contributed by atoms with Crippen LogP contribution in [-0.4, -0.2) is 17.1 Å². The highest BCUT2D eigenvalue weighted by Gasteiger charge is 2.08. The van der Waals surface area contributed by atoms with Gasteiger partial charge in [-0.05, 0) is 18.2 Å². The monoisotopic (exact) mass is 216 g/mol. The number of pyridine rings is 2. The summed E-state index contributed by atoms with van der Waals surface area (Å²) in [5, 5.41) is 0. The summed E-state index contributed by atoms with van der Waals surface area (Å²) in [5.41, 5.74) is 12.8. The second-order valence-corrected chi connectivity index (χ2v) is 3.26. The topological polar surface area (TPSA) is 87.0 Å². The van der Waals surface area contributed by atoms with E-state index in [2.05, 4.69) is 9.97 Å². The highest BCUT2D eigenvalue weighted by atomic mass is 16.5. The Kier molecular flexibility index (Phi) is 2.59. The van der Waals surface area contributed by atoms with Crippen molar-refractivity contribution in [3.8, 4) is 17.0 Å². The van der Waals surface area contributed by atoms with Gasteiger partial charge in [0, 0.05) is 5.56 Å². The van der Waals surface area contributed by atoms with E-state index < -0.39 is 0 Å². The fourth-order valence-corrected chi connectivity index (χ4v) is 1.42.